The lowest BCUT2D eigenvalue weighted by atomic mass is 10.0. The van der Waals surface area contributed by atoms with Gasteiger partial charge in [0, 0.05) is 35.0 Å². The van der Waals surface area contributed by atoms with Crippen molar-refractivity contribution in [1.82, 2.24) is 4.57 Å². The van der Waals surface area contributed by atoms with Crippen LogP contribution in [0.3, 0.4) is 0 Å². The molecule has 0 aliphatic rings. The van der Waals surface area contributed by atoms with E-state index in [1.54, 1.807) is 6.07 Å². The highest BCUT2D eigenvalue weighted by molar-refractivity contribution is 5.96. The zero-order valence-corrected chi connectivity index (χ0v) is 24.8. The molecule has 0 bridgehead atoms. The second-order valence-corrected chi connectivity index (χ2v) is 10.8. The topological polar surface area (TPSA) is 69.3 Å². The number of rotatable bonds is 10. The molecule has 0 radical (unpaired) electrons. The molecule has 0 unspecified atom stereocenters. The molecule has 43 heavy (non-hydrogen) atoms. The number of nitrogens with zero attached hydrogens (tertiary/aromatic N) is 3. The van der Waals surface area contributed by atoms with Crippen LogP contribution in [0.5, 0.6) is 0 Å². The first-order chi connectivity index (χ1) is 20.9. The van der Waals surface area contributed by atoms with E-state index >= 15 is 0 Å². The van der Waals surface area contributed by atoms with Crippen LogP contribution in [0, 0.1) is 25.2 Å². The lowest BCUT2D eigenvalue weighted by Gasteiger charge is -2.26. The minimum absolute atomic E-state index is 0.274. The second-order valence-electron chi connectivity index (χ2n) is 10.8. The molecule has 1 N–H and O–H groups in total. The second kappa shape index (κ2) is 13.1. The minimum atomic E-state index is -1.22. The third-order valence-electron chi connectivity index (χ3n) is 7.56. The molecule has 0 amide bonds. The van der Waals surface area contributed by atoms with Gasteiger partial charge in [0.25, 0.3) is 0 Å². The first-order valence-corrected chi connectivity index (χ1v) is 14.6. The van der Waals surface area contributed by atoms with Crippen LogP contribution < -0.4 is 4.90 Å². The van der Waals surface area contributed by atoms with Crippen LogP contribution in [0.2, 0.25) is 0 Å². The summed E-state index contributed by atoms with van der Waals surface area (Å²) in [4.78, 5) is 13.7. The Balaban J connectivity index is 1.46. The van der Waals surface area contributed by atoms with Crippen molar-refractivity contribution in [3.8, 4) is 6.07 Å². The number of hydrogen-bond donors (Lipinski definition) is 1. The molecule has 0 aliphatic heterocycles. The molecule has 5 aromatic rings. The van der Waals surface area contributed by atoms with E-state index in [-0.39, 0.29) is 5.57 Å². The largest absolute Gasteiger partial charge is 0.477 e. The Hall–Kier alpha value is -5.34. The molecule has 214 valence electrons. The zero-order valence-electron chi connectivity index (χ0n) is 24.8. The fraction of sp³-hybridized carbons (Fsp3) is 0.158. The first kappa shape index (κ1) is 29.2. The summed E-state index contributed by atoms with van der Waals surface area (Å²) in [6.07, 6.45) is 7.52. The number of hydrogen-bond acceptors (Lipinski definition) is 3. The highest BCUT2D eigenvalue weighted by atomic mass is 16.4. The summed E-state index contributed by atoms with van der Waals surface area (Å²) in [5, 5.41) is 20.8. The SMILES string of the molecule is CCCCn1c(/C=C/c2ccc3cc(N(c4ccc(C)cc4)c4ccc(C)cc4)ccc3c2)ccc1/C=C(\C#N)C(=O)O. The number of carbonyl (C=O) groups is 1. The first-order valence-electron chi connectivity index (χ1n) is 14.6. The number of benzene rings is 4. The molecule has 0 aliphatic carbocycles. The van der Waals surface area contributed by atoms with Crippen molar-refractivity contribution in [2.45, 2.75) is 40.2 Å². The van der Waals surface area contributed by atoms with E-state index in [4.69, 9.17) is 0 Å². The quantitative estimate of drug-likeness (QED) is 0.135. The lowest BCUT2D eigenvalue weighted by molar-refractivity contribution is -0.132. The smallest absolute Gasteiger partial charge is 0.346 e. The molecule has 1 heterocycles. The van der Waals surface area contributed by atoms with E-state index < -0.39 is 5.97 Å². The summed E-state index contributed by atoms with van der Waals surface area (Å²) in [7, 11) is 0. The average molecular weight is 566 g/mol. The molecular formula is C38H35N3O2. The molecule has 5 nitrogen and oxygen atoms in total. The van der Waals surface area contributed by atoms with Gasteiger partial charge in [0.15, 0.2) is 0 Å². The van der Waals surface area contributed by atoms with E-state index in [1.807, 2.05) is 18.2 Å². The van der Waals surface area contributed by atoms with Crippen molar-refractivity contribution < 1.29 is 9.90 Å². The number of unbranched alkanes of at least 4 members (excludes halogenated alkanes) is 1. The maximum atomic E-state index is 11.4. The van der Waals surface area contributed by atoms with E-state index in [0.29, 0.717) is 5.69 Å². The predicted molar refractivity (Wildman–Crippen MR) is 178 cm³/mol. The van der Waals surface area contributed by atoms with Crippen molar-refractivity contribution in [3.63, 3.8) is 0 Å². The van der Waals surface area contributed by atoms with E-state index in [2.05, 4.69) is 121 Å². The standard InChI is InChI=1S/C38H35N3O2/c1-4-5-22-40-33(20-21-36(40)25-32(26-39)38(42)43)18-11-29-10-12-31-24-37(19-13-30(31)23-29)41(34-14-6-27(2)7-15-34)35-16-8-28(3)9-17-35/h6-21,23-25H,4-5,22H2,1-3H3,(H,42,43)/b18-11+,32-25+. The van der Waals surface area contributed by atoms with Gasteiger partial charge in [0.1, 0.15) is 11.6 Å². The average Bonchev–Trinajstić information content (AvgIpc) is 3.40. The lowest BCUT2D eigenvalue weighted by Crippen LogP contribution is -2.09. The maximum Gasteiger partial charge on any atom is 0.346 e. The third-order valence-corrected chi connectivity index (χ3v) is 7.56. The number of aromatic nitrogens is 1. The van der Waals surface area contributed by atoms with Gasteiger partial charge in [-0.2, -0.15) is 5.26 Å². The van der Waals surface area contributed by atoms with Crippen LogP contribution >= 0.6 is 0 Å². The van der Waals surface area contributed by atoms with Crippen molar-refractivity contribution >= 4 is 52.0 Å². The van der Waals surface area contributed by atoms with Gasteiger partial charge in [-0.25, -0.2) is 4.79 Å². The van der Waals surface area contributed by atoms with Crippen molar-refractivity contribution in [2.75, 3.05) is 4.90 Å². The van der Waals surface area contributed by atoms with Crippen LogP contribution in [0.4, 0.5) is 17.1 Å². The van der Waals surface area contributed by atoms with Gasteiger partial charge in [-0.05, 0) is 103 Å². The van der Waals surface area contributed by atoms with Crippen LogP contribution in [-0.4, -0.2) is 15.6 Å². The molecule has 1 aromatic heterocycles. The zero-order chi connectivity index (χ0) is 30.3. The third kappa shape index (κ3) is 6.77. The summed E-state index contributed by atoms with van der Waals surface area (Å²) in [5.41, 5.74) is 8.23. The Morgan fingerprint density at radius 2 is 1.37 bits per heavy atom. The van der Waals surface area contributed by atoms with Crippen molar-refractivity contribution in [2.24, 2.45) is 0 Å². The van der Waals surface area contributed by atoms with Gasteiger partial charge in [-0.15, -0.1) is 0 Å². The normalized spacial score (nSPS) is 11.6. The van der Waals surface area contributed by atoms with Crippen LogP contribution in [0.25, 0.3) is 29.0 Å². The number of carboxylic acid groups (broad SMARTS) is 1. The minimum Gasteiger partial charge on any atom is -0.477 e. The number of aryl methyl sites for hydroxylation is 2. The van der Waals surface area contributed by atoms with Gasteiger partial charge in [-0.3, -0.25) is 0 Å². The van der Waals surface area contributed by atoms with Gasteiger partial charge < -0.3 is 14.6 Å². The molecule has 0 atom stereocenters. The molecule has 0 spiro atoms. The summed E-state index contributed by atoms with van der Waals surface area (Å²) in [5.74, 6) is -1.22. The van der Waals surface area contributed by atoms with Gasteiger partial charge >= 0.3 is 5.97 Å². The summed E-state index contributed by atoms with van der Waals surface area (Å²) in [6, 6.07) is 35.8. The molecular weight excluding hydrogens is 530 g/mol. The van der Waals surface area contributed by atoms with Crippen molar-refractivity contribution in [3.05, 3.63) is 131 Å². The molecule has 0 fully saturated rings. The molecule has 5 rings (SSSR count). The monoisotopic (exact) mass is 565 g/mol. The van der Waals surface area contributed by atoms with Crippen LogP contribution in [0.1, 0.15) is 47.8 Å². The van der Waals surface area contributed by atoms with Gasteiger partial charge in [0.2, 0.25) is 0 Å². The highest BCUT2D eigenvalue weighted by Crippen LogP contribution is 2.36. The number of aliphatic carboxylic acids is 1. The summed E-state index contributed by atoms with van der Waals surface area (Å²) < 4.78 is 2.07. The molecule has 0 saturated heterocycles. The highest BCUT2D eigenvalue weighted by Gasteiger charge is 2.13. The van der Waals surface area contributed by atoms with E-state index in [0.717, 1.165) is 58.5 Å². The maximum absolute atomic E-state index is 11.4. The predicted octanol–water partition coefficient (Wildman–Crippen LogP) is 9.69. The Morgan fingerprint density at radius 3 is 1.98 bits per heavy atom. The summed E-state index contributed by atoms with van der Waals surface area (Å²) in [6.45, 7) is 7.06. The fourth-order valence-electron chi connectivity index (χ4n) is 5.15. The van der Waals surface area contributed by atoms with Gasteiger partial charge in [-0.1, -0.05) is 73.0 Å². The molecule has 4 aromatic carbocycles. The molecule has 5 heteroatoms. The number of fused-ring (bicyclic) bond motifs is 1. The van der Waals surface area contributed by atoms with E-state index in [9.17, 15) is 15.2 Å². The Labute approximate surface area is 253 Å². The Bertz CT molecular complexity index is 1810. The number of carboxylic acids is 1. The Morgan fingerprint density at radius 1 is 0.791 bits per heavy atom. The number of nitriles is 1. The number of anilines is 3. The van der Waals surface area contributed by atoms with Gasteiger partial charge in [0.05, 0.1) is 0 Å². The van der Waals surface area contributed by atoms with E-state index in [1.165, 1.54) is 17.2 Å². The van der Waals surface area contributed by atoms with Crippen LogP contribution in [0.15, 0.2) is 103 Å². The van der Waals surface area contributed by atoms with Crippen molar-refractivity contribution in [1.29, 1.82) is 5.26 Å². The summed E-state index contributed by atoms with van der Waals surface area (Å²) >= 11 is 0. The molecule has 0 saturated carbocycles. The van der Waals surface area contributed by atoms with Crippen LogP contribution in [-0.2, 0) is 11.3 Å². The fourth-order valence-corrected chi connectivity index (χ4v) is 5.15. The Kier molecular flexibility index (Phi) is 8.88.